The molecule has 1 aromatic carbocycles. The fraction of sp³-hybridized carbons (Fsp3) is 0.458. The minimum Gasteiger partial charge on any atom is -0.384 e. The Kier molecular flexibility index (Phi) is 7.56. The monoisotopic (exact) mass is 497 g/mol. The van der Waals surface area contributed by atoms with E-state index in [1.54, 1.807) is 6.92 Å². The highest BCUT2D eigenvalue weighted by atomic mass is 32.2. The molecule has 0 amide bonds. The first kappa shape index (κ1) is 24.9. The van der Waals surface area contributed by atoms with Gasteiger partial charge in [0.25, 0.3) is 5.56 Å². The summed E-state index contributed by atoms with van der Waals surface area (Å²) in [4.78, 5) is 40.5. The number of benzene rings is 1. The van der Waals surface area contributed by atoms with Crippen LogP contribution in [-0.4, -0.2) is 52.9 Å². The van der Waals surface area contributed by atoms with E-state index in [1.165, 1.54) is 45.1 Å². The minimum atomic E-state index is -0.695. The highest BCUT2D eigenvalue weighted by molar-refractivity contribution is 8.00. The van der Waals surface area contributed by atoms with Gasteiger partial charge in [-0.15, -0.1) is 10.2 Å². The van der Waals surface area contributed by atoms with Gasteiger partial charge in [-0.3, -0.25) is 23.6 Å². The summed E-state index contributed by atoms with van der Waals surface area (Å²) in [5, 5.41) is 8.82. The van der Waals surface area contributed by atoms with Gasteiger partial charge in [-0.1, -0.05) is 48.5 Å². The van der Waals surface area contributed by atoms with Crippen LogP contribution in [-0.2, 0) is 27.2 Å². The van der Waals surface area contributed by atoms with Crippen molar-refractivity contribution in [1.82, 2.24) is 28.8 Å². The number of nitrogen functional groups attached to an aromatic ring is 1. The van der Waals surface area contributed by atoms with Crippen molar-refractivity contribution in [1.29, 1.82) is 0 Å². The molecule has 0 aliphatic carbocycles. The third-order valence-corrected chi connectivity index (χ3v) is 7.48. The third-order valence-electron chi connectivity index (χ3n) is 6.40. The third kappa shape index (κ3) is 5.25. The van der Waals surface area contributed by atoms with Gasteiger partial charge in [-0.2, -0.15) is 0 Å². The number of carbonyl (C=O) groups excluding carboxylic acids is 1. The molecule has 2 N–H and O–H groups in total. The summed E-state index contributed by atoms with van der Waals surface area (Å²) < 4.78 is 4.05. The molecule has 0 radical (unpaired) electrons. The molecule has 0 saturated carbocycles. The molecule has 1 atom stereocenters. The summed E-state index contributed by atoms with van der Waals surface area (Å²) in [5.74, 6) is 0.262. The van der Waals surface area contributed by atoms with Crippen LogP contribution in [0, 0.1) is 0 Å². The molecule has 2 aromatic heterocycles. The average molecular weight is 498 g/mol. The number of nitrogens with zero attached hydrogens (tertiary/aromatic N) is 6. The van der Waals surface area contributed by atoms with Gasteiger partial charge < -0.3 is 10.3 Å². The standard InChI is InChI=1S/C24H31N7O3S/c1-16(20(32)19-21(25)28(2)24(34)29(3)22(19)33)35-23-27-26-18(15-30-12-8-5-9-13-30)31(23)14-17-10-6-4-7-11-17/h4,6-7,10-11,16H,5,8-9,12-15,25H2,1-3H3. The normalized spacial score (nSPS) is 15.3. The van der Waals surface area contributed by atoms with Crippen LogP contribution in [0.15, 0.2) is 45.1 Å². The number of hydrogen-bond donors (Lipinski definition) is 1. The van der Waals surface area contributed by atoms with Gasteiger partial charge in [0, 0.05) is 14.1 Å². The van der Waals surface area contributed by atoms with Gasteiger partial charge in [-0.05, 0) is 38.4 Å². The van der Waals surface area contributed by atoms with E-state index in [0.717, 1.165) is 33.6 Å². The Morgan fingerprint density at radius 2 is 1.71 bits per heavy atom. The van der Waals surface area contributed by atoms with Crippen molar-refractivity contribution in [2.45, 2.75) is 49.7 Å². The van der Waals surface area contributed by atoms with E-state index in [2.05, 4.69) is 15.1 Å². The summed E-state index contributed by atoms with van der Waals surface area (Å²) >= 11 is 1.24. The number of anilines is 1. The second kappa shape index (κ2) is 10.6. The van der Waals surface area contributed by atoms with Crippen LogP contribution < -0.4 is 17.0 Å². The zero-order chi connectivity index (χ0) is 25.1. The Morgan fingerprint density at radius 1 is 1.03 bits per heavy atom. The Labute approximate surface area is 207 Å². The second-order valence-corrected chi connectivity index (χ2v) is 10.2. The Morgan fingerprint density at radius 3 is 2.40 bits per heavy atom. The maximum Gasteiger partial charge on any atom is 0.332 e. The maximum absolute atomic E-state index is 13.3. The quantitative estimate of drug-likeness (QED) is 0.368. The van der Waals surface area contributed by atoms with Crippen LogP contribution in [0.1, 0.15) is 47.9 Å². The number of thioether (sulfide) groups is 1. The van der Waals surface area contributed by atoms with E-state index < -0.39 is 22.3 Å². The summed E-state index contributed by atoms with van der Waals surface area (Å²) in [5.41, 5.74) is 5.65. The zero-order valence-corrected chi connectivity index (χ0v) is 21.1. The van der Waals surface area contributed by atoms with Gasteiger partial charge in [0.2, 0.25) is 0 Å². The lowest BCUT2D eigenvalue weighted by molar-refractivity contribution is 0.0992. The number of Topliss-reactive ketones (excluding diaryl/α,β-unsaturated/α-hetero) is 1. The first-order valence-corrected chi connectivity index (χ1v) is 12.6. The number of hydrogen-bond acceptors (Lipinski definition) is 8. The summed E-state index contributed by atoms with van der Waals surface area (Å²) in [6.45, 7) is 5.04. The Balaban J connectivity index is 1.63. The van der Waals surface area contributed by atoms with Gasteiger partial charge in [0.05, 0.1) is 18.3 Å². The summed E-state index contributed by atoms with van der Waals surface area (Å²) in [6, 6.07) is 10.0. The Hall–Kier alpha value is -3.18. The van der Waals surface area contributed by atoms with E-state index in [1.807, 2.05) is 34.9 Å². The fourth-order valence-corrected chi connectivity index (χ4v) is 5.20. The molecular formula is C24H31N7O3S. The molecule has 1 saturated heterocycles. The van der Waals surface area contributed by atoms with Gasteiger partial charge >= 0.3 is 5.69 Å². The average Bonchev–Trinajstić information content (AvgIpc) is 3.23. The summed E-state index contributed by atoms with van der Waals surface area (Å²) in [7, 11) is 2.77. The minimum absolute atomic E-state index is 0.132. The Bertz CT molecular complexity index is 1320. The van der Waals surface area contributed by atoms with Gasteiger partial charge in [-0.25, -0.2) is 4.79 Å². The lowest BCUT2D eigenvalue weighted by atomic mass is 10.1. The molecule has 0 bridgehead atoms. The van der Waals surface area contributed by atoms with Crippen LogP contribution in [0.25, 0.3) is 0 Å². The van der Waals surface area contributed by atoms with Crippen molar-refractivity contribution in [2.24, 2.45) is 14.1 Å². The molecule has 4 rings (SSSR count). The van der Waals surface area contributed by atoms with Crippen molar-refractivity contribution in [2.75, 3.05) is 18.8 Å². The van der Waals surface area contributed by atoms with Crippen molar-refractivity contribution >= 4 is 23.4 Å². The lowest BCUT2D eigenvalue weighted by Crippen LogP contribution is -2.42. The number of ketones is 1. The molecule has 3 aromatic rings. The van der Waals surface area contributed by atoms with E-state index in [0.29, 0.717) is 18.2 Å². The first-order chi connectivity index (χ1) is 16.8. The summed E-state index contributed by atoms with van der Waals surface area (Å²) in [6.07, 6.45) is 3.60. The topological polar surface area (TPSA) is 121 Å². The number of nitrogens with two attached hydrogens (primary N) is 1. The molecule has 186 valence electrons. The fourth-order valence-electron chi connectivity index (χ4n) is 4.27. The SMILES string of the molecule is CC(Sc1nnc(CN2CCCCC2)n1Cc1ccccc1)C(=O)c1c(N)n(C)c(=O)n(C)c1=O. The van der Waals surface area contributed by atoms with Gasteiger partial charge in [0.1, 0.15) is 17.2 Å². The molecule has 35 heavy (non-hydrogen) atoms. The number of piperidine rings is 1. The number of carbonyl (C=O) groups is 1. The first-order valence-electron chi connectivity index (χ1n) is 11.7. The van der Waals surface area contributed by atoms with E-state index in [-0.39, 0.29) is 11.4 Å². The van der Waals surface area contributed by atoms with Crippen LogP contribution in [0.5, 0.6) is 0 Å². The van der Waals surface area contributed by atoms with Crippen LogP contribution >= 0.6 is 11.8 Å². The molecule has 1 fully saturated rings. The van der Waals surface area contributed by atoms with Gasteiger partial charge in [0.15, 0.2) is 10.9 Å². The van der Waals surface area contributed by atoms with Crippen molar-refractivity contribution in [3.63, 3.8) is 0 Å². The molecule has 1 aliphatic heterocycles. The predicted octanol–water partition coefficient (Wildman–Crippen LogP) is 1.66. The van der Waals surface area contributed by atoms with Crippen molar-refractivity contribution in [3.8, 4) is 0 Å². The molecule has 1 unspecified atom stereocenters. The highest BCUT2D eigenvalue weighted by Gasteiger charge is 2.27. The van der Waals surface area contributed by atoms with Crippen molar-refractivity contribution < 1.29 is 4.79 Å². The maximum atomic E-state index is 13.3. The molecule has 11 heteroatoms. The van der Waals surface area contributed by atoms with Crippen LogP contribution in [0.2, 0.25) is 0 Å². The number of rotatable bonds is 8. The highest BCUT2D eigenvalue weighted by Crippen LogP contribution is 2.27. The number of likely N-dealkylation sites (tertiary alicyclic amines) is 1. The second-order valence-electron chi connectivity index (χ2n) is 8.90. The van der Waals surface area contributed by atoms with Crippen molar-refractivity contribution in [3.05, 3.63) is 68.1 Å². The predicted molar refractivity (Wildman–Crippen MR) is 136 cm³/mol. The molecule has 1 aliphatic rings. The smallest absolute Gasteiger partial charge is 0.332 e. The van der Waals surface area contributed by atoms with E-state index in [9.17, 15) is 14.4 Å². The number of aromatic nitrogens is 5. The molecular weight excluding hydrogens is 466 g/mol. The lowest BCUT2D eigenvalue weighted by Gasteiger charge is -2.26. The zero-order valence-electron chi connectivity index (χ0n) is 20.3. The largest absolute Gasteiger partial charge is 0.384 e. The molecule has 3 heterocycles. The molecule has 0 spiro atoms. The van der Waals surface area contributed by atoms with Crippen LogP contribution in [0.4, 0.5) is 5.82 Å². The van der Waals surface area contributed by atoms with Crippen LogP contribution in [0.3, 0.4) is 0 Å². The molecule has 10 nitrogen and oxygen atoms in total. The van der Waals surface area contributed by atoms with E-state index in [4.69, 9.17) is 5.73 Å². The van der Waals surface area contributed by atoms with E-state index >= 15 is 0 Å².